The van der Waals surface area contributed by atoms with Gasteiger partial charge in [0.05, 0.1) is 32.0 Å². The third kappa shape index (κ3) is 44.8. The van der Waals surface area contributed by atoms with Gasteiger partial charge in [-0.3, -0.25) is 9.59 Å². The Morgan fingerprint density at radius 3 is 1.36 bits per heavy atom. The van der Waals surface area contributed by atoms with Crippen LogP contribution >= 0.6 is 0 Å². The molecule has 0 aromatic carbocycles. The molecule has 1 fully saturated rings. The van der Waals surface area contributed by atoms with Crippen LogP contribution < -0.4 is 5.32 Å². The number of hydrogen-bond donors (Lipinski definition) is 6. The molecule has 0 saturated carbocycles. The van der Waals surface area contributed by atoms with E-state index >= 15 is 0 Å². The third-order valence-corrected chi connectivity index (χ3v) is 14.8. The van der Waals surface area contributed by atoms with Gasteiger partial charge in [0.25, 0.3) is 0 Å². The molecule has 1 aliphatic rings. The molecular formula is C66H119NO10. The number of aliphatic hydroxyl groups is 5. The second-order valence-electron chi connectivity index (χ2n) is 22.1. The van der Waals surface area contributed by atoms with Gasteiger partial charge in [0.2, 0.25) is 5.91 Å². The first-order chi connectivity index (χ1) is 37.7. The molecule has 448 valence electrons. The molecule has 0 radical (unpaired) electrons. The molecule has 1 amide bonds. The van der Waals surface area contributed by atoms with Crippen LogP contribution in [0.2, 0.25) is 0 Å². The van der Waals surface area contributed by atoms with Crippen molar-refractivity contribution < 1.29 is 49.3 Å². The normalized spacial score (nSPS) is 19.0. The summed E-state index contributed by atoms with van der Waals surface area (Å²) in [7, 11) is 0. The van der Waals surface area contributed by atoms with Gasteiger partial charge in [-0.2, -0.15) is 0 Å². The molecule has 1 heterocycles. The number of aliphatic hydroxyl groups excluding tert-OH is 5. The molecule has 1 saturated heterocycles. The summed E-state index contributed by atoms with van der Waals surface area (Å²) in [5.74, 6) is -0.207. The Balaban J connectivity index is 2.03. The molecule has 77 heavy (non-hydrogen) atoms. The fourth-order valence-electron chi connectivity index (χ4n) is 9.74. The van der Waals surface area contributed by atoms with Crippen LogP contribution in [0.3, 0.4) is 0 Å². The minimum atomic E-state index is -1.57. The lowest BCUT2D eigenvalue weighted by atomic mass is 9.99. The highest BCUT2D eigenvalue weighted by molar-refractivity contribution is 5.76. The Morgan fingerprint density at radius 2 is 0.896 bits per heavy atom. The summed E-state index contributed by atoms with van der Waals surface area (Å²) >= 11 is 0. The van der Waals surface area contributed by atoms with Gasteiger partial charge < -0.3 is 45.1 Å². The molecule has 0 aliphatic carbocycles. The molecule has 11 heteroatoms. The van der Waals surface area contributed by atoms with Crippen molar-refractivity contribution in [2.24, 2.45) is 0 Å². The smallest absolute Gasteiger partial charge is 0.305 e. The zero-order valence-electron chi connectivity index (χ0n) is 49.4. The number of rotatable bonds is 55. The fraction of sp³-hybridized carbons (Fsp3) is 0.818. The first kappa shape index (κ1) is 72.4. The molecule has 0 aromatic rings. The van der Waals surface area contributed by atoms with Crippen molar-refractivity contribution in [1.29, 1.82) is 0 Å². The number of nitrogens with one attached hydrogen (secondary N) is 1. The van der Waals surface area contributed by atoms with Crippen molar-refractivity contribution in [3.05, 3.63) is 60.8 Å². The maximum absolute atomic E-state index is 13.0. The fourth-order valence-corrected chi connectivity index (χ4v) is 9.74. The number of esters is 1. The summed E-state index contributed by atoms with van der Waals surface area (Å²) in [6.07, 6.45) is 61.8. The van der Waals surface area contributed by atoms with E-state index in [2.05, 4.69) is 67.8 Å². The lowest BCUT2D eigenvalue weighted by molar-refractivity contribution is -0.302. The van der Waals surface area contributed by atoms with Gasteiger partial charge in [-0.15, -0.1) is 0 Å². The number of hydrogen-bond acceptors (Lipinski definition) is 10. The lowest BCUT2D eigenvalue weighted by Crippen LogP contribution is -2.60. The van der Waals surface area contributed by atoms with Crippen molar-refractivity contribution >= 4 is 11.9 Å². The van der Waals surface area contributed by atoms with Crippen LogP contribution in [-0.2, 0) is 23.8 Å². The number of unbranched alkanes of at least 4 members (excludes halogenated alkanes) is 33. The molecule has 0 spiro atoms. The van der Waals surface area contributed by atoms with Crippen molar-refractivity contribution in [2.75, 3.05) is 19.8 Å². The molecule has 11 nitrogen and oxygen atoms in total. The summed E-state index contributed by atoms with van der Waals surface area (Å²) in [5, 5.41) is 54.3. The molecule has 1 aliphatic heterocycles. The Labute approximate surface area is 471 Å². The summed E-state index contributed by atoms with van der Waals surface area (Å²) in [6.45, 7) is 4.26. The minimum Gasteiger partial charge on any atom is -0.466 e. The summed E-state index contributed by atoms with van der Waals surface area (Å²) in [5.41, 5.74) is 0. The van der Waals surface area contributed by atoms with Crippen LogP contribution in [0, 0.1) is 0 Å². The van der Waals surface area contributed by atoms with Gasteiger partial charge in [0.1, 0.15) is 24.4 Å². The highest BCUT2D eigenvalue weighted by Gasteiger charge is 2.44. The second-order valence-corrected chi connectivity index (χ2v) is 22.1. The van der Waals surface area contributed by atoms with Crippen LogP contribution in [0.5, 0.6) is 0 Å². The Hall–Kier alpha value is -2.64. The standard InChI is InChI=1S/C66H119NO10/c1-3-5-7-9-11-13-15-29-34-38-42-46-50-54-62(71)75-55-51-47-43-39-35-31-28-26-24-22-20-18-16-17-19-21-23-25-27-30-33-37-41-45-49-53-61(70)67-58(57-76-66-65(74)64(73)63(72)60(56-68)77-66)59(69)52-48-44-40-36-32-14-12-10-8-6-4-2/h7,9,13,15,17-20,48,52,58-60,63-66,68-69,72-74H,3-6,8,10-12,14,16,21-47,49-51,53-57H2,1-2H3,(H,67,70)/b9-7-,15-13-,19-17-,20-18-,52-48+. The molecular weight excluding hydrogens is 967 g/mol. The lowest BCUT2D eigenvalue weighted by Gasteiger charge is -2.40. The highest BCUT2D eigenvalue weighted by Crippen LogP contribution is 2.23. The van der Waals surface area contributed by atoms with Gasteiger partial charge in [0.15, 0.2) is 6.29 Å². The Morgan fingerprint density at radius 1 is 0.481 bits per heavy atom. The monoisotopic (exact) mass is 1090 g/mol. The first-order valence-corrected chi connectivity index (χ1v) is 32.1. The van der Waals surface area contributed by atoms with Crippen molar-refractivity contribution in [1.82, 2.24) is 5.32 Å². The van der Waals surface area contributed by atoms with E-state index in [0.29, 0.717) is 19.4 Å². The van der Waals surface area contributed by atoms with Crippen LogP contribution in [-0.4, -0.2) is 100 Å². The van der Waals surface area contributed by atoms with E-state index in [9.17, 15) is 35.1 Å². The van der Waals surface area contributed by atoms with Gasteiger partial charge in [-0.05, 0) is 89.9 Å². The largest absolute Gasteiger partial charge is 0.466 e. The van der Waals surface area contributed by atoms with Crippen LogP contribution in [0.4, 0.5) is 0 Å². The zero-order chi connectivity index (χ0) is 55.9. The summed E-state index contributed by atoms with van der Waals surface area (Å²) in [4.78, 5) is 25.1. The number of amides is 1. The molecule has 1 rings (SSSR count). The minimum absolute atomic E-state index is 0.0176. The van der Waals surface area contributed by atoms with E-state index in [1.807, 2.05) is 6.08 Å². The topological polar surface area (TPSA) is 175 Å². The second kappa shape index (κ2) is 55.3. The van der Waals surface area contributed by atoms with E-state index in [1.165, 1.54) is 161 Å². The average Bonchev–Trinajstić information content (AvgIpc) is 3.43. The highest BCUT2D eigenvalue weighted by atomic mass is 16.7. The predicted molar refractivity (Wildman–Crippen MR) is 320 cm³/mol. The van der Waals surface area contributed by atoms with E-state index in [4.69, 9.17) is 14.2 Å². The predicted octanol–water partition coefficient (Wildman–Crippen LogP) is 15.4. The zero-order valence-corrected chi connectivity index (χ0v) is 49.4. The van der Waals surface area contributed by atoms with Crippen molar-refractivity contribution in [3.8, 4) is 0 Å². The number of carbonyl (C=O) groups excluding carboxylic acids is 2. The van der Waals surface area contributed by atoms with Gasteiger partial charge in [-0.1, -0.05) is 242 Å². The van der Waals surface area contributed by atoms with Gasteiger partial charge in [0, 0.05) is 12.8 Å². The van der Waals surface area contributed by atoms with Crippen LogP contribution in [0.15, 0.2) is 60.8 Å². The van der Waals surface area contributed by atoms with Crippen LogP contribution in [0.1, 0.15) is 284 Å². The molecule has 7 atom stereocenters. The van der Waals surface area contributed by atoms with Crippen LogP contribution in [0.25, 0.3) is 0 Å². The molecule has 7 unspecified atom stereocenters. The summed E-state index contributed by atoms with van der Waals surface area (Å²) < 4.78 is 16.7. The van der Waals surface area contributed by atoms with Gasteiger partial charge in [-0.25, -0.2) is 0 Å². The molecule has 6 N–H and O–H groups in total. The maximum Gasteiger partial charge on any atom is 0.305 e. The van der Waals surface area contributed by atoms with Gasteiger partial charge >= 0.3 is 5.97 Å². The van der Waals surface area contributed by atoms with E-state index in [-0.39, 0.29) is 18.5 Å². The maximum atomic E-state index is 13.0. The van der Waals surface area contributed by atoms with E-state index in [1.54, 1.807) is 6.08 Å². The molecule has 0 bridgehead atoms. The number of carbonyl (C=O) groups is 2. The third-order valence-electron chi connectivity index (χ3n) is 14.8. The van der Waals surface area contributed by atoms with Crippen molar-refractivity contribution in [3.63, 3.8) is 0 Å². The Kier molecular flexibility index (Phi) is 52.0. The van der Waals surface area contributed by atoms with Crippen molar-refractivity contribution in [2.45, 2.75) is 326 Å². The first-order valence-electron chi connectivity index (χ1n) is 32.1. The molecule has 0 aromatic heterocycles. The Bertz CT molecular complexity index is 1460. The quantitative estimate of drug-likeness (QED) is 0.0195. The van der Waals surface area contributed by atoms with E-state index in [0.717, 1.165) is 96.3 Å². The summed E-state index contributed by atoms with van der Waals surface area (Å²) in [6, 6.07) is -0.815. The van der Waals surface area contributed by atoms with E-state index < -0.39 is 49.5 Å². The average molecular weight is 1090 g/mol. The number of ether oxygens (including phenoxy) is 3. The SMILES string of the molecule is CCC/C=C\C/C=C\CCCCCCCC(=O)OCCCCCCCCCCC/C=C\C/C=C\CCCCCCCCCCCC(=O)NC(COC1OC(CO)C(O)C(O)C1O)C(O)/C=C/CCCCCCCCCCC. The number of allylic oxidation sites excluding steroid dienone is 9.